The maximum Gasteiger partial charge on any atom is 0.338 e. The highest BCUT2D eigenvalue weighted by Crippen LogP contribution is 2.22. The van der Waals surface area contributed by atoms with Crippen molar-refractivity contribution in [2.24, 2.45) is 0 Å². The van der Waals surface area contributed by atoms with Crippen LogP contribution in [0.25, 0.3) is 0 Å². The van der Waals surface area contributed by atoms with Crippen molar-refractivity contribution in [1.29, 1.82) is 0 Å². The summed E-state index contributed by atoms with van der Waals surface area (Å²) in [6.07, 6.45) is 6.99. The van der Waals surface area contributed by atoms with Crippen molar-refractivity contribution in [3.63, 3.8) is 0 Å². The number of aromatic carboxylic acids is 1. The molecule has 1 aromatic carbocycles. The Balaban J connectivity index is 1.99. The summed E-state index contributed by atoms with van der Waals surface area (Å²) in [7, 11) is 0. The van der Waals surface area contributed by atoms with E-state index < -0.39 is 11.8 Å². The number of benzene rings is 1. The highest BCUT2D eigenvalue weighted by Gasteiger charge is 2.16. The molecule has 0 unspecified atom stereocenters. The quantitative estimate of drug-likeness (QED) is 0.844. The van der Waals surface area contributed by atoms with Crippen LogP contribution in [0.5, 0.6) is 0 Å². The molecule has 1 fully saturated rings. The number of ether oxygens (including phenoxy) is 1. The van der Waals surface area contributed by atoms with Crippen molar-refractivity contribution in [2.45, 2.75) is 51.2 Å². The second kappa shape index (κ2) is 6.66. The van der Waals surface area contributed by atoms with Crippen LogP contribution >= 0.6 is 0 Å². The molecule has 0 amide bonds. The summed E-state index contributed by atoms with van der Waals surface area (Å²) in [4.78, 5) is 10.8. The number of halogens is 1. The second-order valence-corrected chi connectivity index (χ2v) is 5.01. The first-order chi connectivity index (χ1) is 9.18. The summed E-state index contributed by atoms with van der Waals surface area (Å²) in [6, 6.07) is 4.41. The van der Waals surface area contributed by atoms with Crippen molar-refractivity contribution in [1.82, 2.24) is 0 Å². The molecule has 3 nitrogen and oxygen atoms in total. The lowest BCUT2D eigenvalue weighted by molar-refractivity contribution is 0.0294. The van der Waals surface area contributed by atoms with E-state index in [0.717, 1.165) is 25.7 Å². The van der Waals surface area contributed by atoms with Crippen LogP contribution in [0.3, 0.4) is 0 Å². The first kappa shape index (κ1) is 14.0. The molecule has 1 N–H and O–H groups in total. The maximum absolute atomic E-state index is 13.9. The van der Waals surface area contributed by atoms with Crippen LogP contribution in [-0.4, -0.2) is 17.2 Å². The van der Waals surface area contributed by atoms with Gasteiger partial charge in [-0.3, -0.25) is 0 Å². The van der Waals surface area contributed by atoms with Gasteiger partial charge in [-0.25, -0.2) is 9.18 Å². The predicted molar refractivity (Wildman–Crippen MR) is 69.6 cm³/mol. The van der Waals surface area contributed by atoms with Crippen LogP contribution in [0.2, 0.25) is 0 Å². The van der Waals surface area contributed by atoms with Gasteiger partial charge in [-0.05, 0) is 18.9 Å². The number of carboxylic acid groups (broad SMARTS) is 1. The minimum atomic E-state index is -1.24. The summed E-state index contributed by atoms with van der Waals surface area (Å²) < 4.78 is 19.6. The van der Waals surface area contributed by atoms with E-state index in [1.807, 2.05) is 0 Å². The monoisotopic (exact) mass is 266 g/mol. The zero-order valence-electron chi connectivity index (χ0n) is 10.9. The summed E-state index contributed by atoms with van der Waals surface area (Å²) in [5.74, 6) is -1.92. The molecule has 1 aromatic rings. The van der Waals surface area contributed by atoms with Crippen molar-refractivity contribution >= 4 is 5.97 Å². The molecule has 1 saturated carbocycles. The summed E-state index contributed by atoms with van der Waals surface area (Å²) in [5.41, 5.74) is 0.0334. The van der Waals surface area contributed by atoms with Crippen molar-refractivity contribution in [3.05, 3.63) is 35.1 Å². The van der Waals surface area contributed by atoms with Crippen LogP contribution in [0.1, 0.15) is 54.4 Å². The number of carbonyl (C=O) groups is 1. The van der Waals surface area contributed by atoms with Crippen LogP contribution in [0.15, 0.2) is 18.2 Å². The van der Waals surface area contributed by atoms with E-state index in [1.54, 1.807) is 12.1 Å². The van der Waals surface area contributed by atoms with E-state index >= 15 is 0 Å². The molecule has 2 rings (SSSR count). The molecule has 0 atom stereocenters. The Labute approximate surface area is 112 Å². The first-order valence-corrected chi connectivity index (χ1v) is 6.81. The molecule has 0 aliphatic heterocycles. The third-order valence-corrected chi connectivity index (χ3v) is 3.59. The van der Waals surface area contributed by atoms with E-state index in [0.29, 0.717) is 5.56 Å². The Kier molecular flexibility index (Phi) is 4.91. The predicted octanol–water partition coefficient (Wildman–Crippen LogP) is 3.76. The largest absolute Gasteiger partial charge is 0.478 e. The Hall–Kier alpha value is -1.42. The van der Waals surface area contributed by atoms with Crippen molar-refractivity contribution < 1.29 is 19.0 Å². The van der Waals surface area contributed by atoms with Gasteiger partial charge in [0.2, 0.25) is 0 Å². The standard InChI is InChI=1S/C15H19FO3/c16-14-11(6-5-9-13(14)15(17)18)10-19-12-7-3-1-2-4-8-12/h5-6,9,12H,1-4,7-8,10H2,(H,17,18). The molecule has 4 heteroatoms. The normalized spacial score (nSPS) is 17.1. The van der Waals surface area contributed by atoms with Gasteiger partial charge in [-0.15, -0.1) is 0 Å². The van der Waals surface area contributed by atoms with E-state index in [-0.39, 0.29) is 18.3 Å². The molecule has 19 heavy (non-hydrogen) atoms. The second-order valence-electron chi connectivity index (χ2n) is 5.01. The summed E-state index contributed by atoms with van der Waals surface area (Å²) in [5, 5.41) is 8.86. The van der Waals surface area contributed by atoms with E-state index in [9.17, 15) is 9.18 Å². The molecule has 1 aliphatic rings. The van der Waals surface area contributed by atoms with Crippen LogP contribution < -0.4 is 0 Å². The van der Waals surface area contributed by atoms with E-state index in [1.165, 1.54) is 18.9 Å². The van der Waals surface area contributed by atoms with Gasteiger partial charge in [0.1, 0.15) is 5.82 Å². The molecule has 0 bridgehead atoms. The lowest BCUT2D eigenvalue weighted by Crippen LogP contribution is -2.13. The first-order valence-electron chi connectivity index (χ1n) is 6.81. The third-order valence-electron chi connectivity index (χ3n) is 3.59. The Morgan fingerprint density at radius 1 is 1.26 bits per heavy atom. The van der Waals surface area contributed by atoms with Gasteiger partial charge in [0.25, 0.3) is 0 Å². The highest BCUT2D eigenvalue weighted by atomic mass is 19.1. The summed E-state index contributed by atoms with van der Waals surface area (Å²) in [6.45, 7) is 0.150. The fourth-order valence-corrected chi connectivity index (χ4v) is 2.47. The molecule has 0 heterocycles. The van der Waals surface area contributed by atoms with Gasteiger partial charge in [0.05, 0.1) is 18.3 Å². The van der Waals surface area contributed by atoms with E-state index in [4.69, 9.17) is 9.84 Å². The lowest BCUT2D eigenvalue weighted by atomic mass is 10.1. The zero-order chi connectivity index (χ0) is 13.7. The van der Waals surface area contributed by atoms with Gasteiger partial charge < -0.3 is 9.84 Å². The zero-order valence-corrected chi connectivity index (χ0v) is 10.9. The maximum atomic E-state index is 13.9. The SMILES string of the molecule is O=C(O)c1cccc(COC2CCCCCC2)c1F. The lowest BCUT2D eigenvalue weighted by Gasteiger charge is -2.16. The number of hydrogen-bond donors (Lipinski definition) is 1. The van der Waals surface area contributed by atoms with Crippen molar-refractivity contribution in [2.75, 3.05) is 0 Å². The summed E-state index contributed by atoms with van der Waals surface area (Å²) >= 11 is 0. The molecular weight excluding hydrogens is 247 g/mol. The molecule has 104 valence electrons. The average molecular weight is 266 g/mol. The fraction of sp³-hybridized carbons (Fsp3) is 0.533. The van der Waals surface area contributed by atoms with Crippen LogP contribution in [0, 0.1) is 5.82 Å². The Bertz CT molecular complexity index is 437. The highest BCUT2D eigenvalue weighted by molar-refractivity contribution is 5.88. The van der Waals surface area contributed by atoms with Crippen LogP contribution in [-0.2, 0) is 11.3 Å². The van der Waals surface area contributed by atoms with Gasteiger partial charge in [-0.2, -0.15) is 0 Å². The smallest absolute Gasteiger partial charge is 0.338 e. The third kappa shape index (κ3) is 3.77. The number of rotatable bonds is 4. The average Bonchev–Trinajstić information content (AvgIpc) is 2.66. The van der Waals surface area contributed by atoms with Gasteiger partial charge in [-0.1, -0.05) is 37.8 Å². The minimum Gasteiger partial charge on any atom is -0.478 e. The van der Waals surface area contributed by atoms with E-state index in [2.05, 4.69) is 0 Å². The fourth-order valence-electron chi connectivity index (χ4n) is 2.47. The Morgan fingerprint density at radius 3 is 2.58 bits per heavy atom. The molecule has 0 spiro atoms. The Morgan fingerprint density at radius 2 is 1.95 bits per heavy atom. The van der Waals surface area contributed by atoms with Gasteiger partial charge in [0.15, 0.2) is 0 Å². The molecule has 0 radical (unpaired) electrons. The topological polar surface area (TPSA) is 46.5 Å². The molecule has 0 aromatic heterocycles. The molecule has 0 saturated heterocycles. The number of carboxylic acids is 1. The molecule has 1 aliphatic carbocycles. The van der Waals surface area contributed by atoms with Gasteiger partial charge in [0, 0.05) is 5.56 Å². The molecular formula is C15H19FO3. The minimum absolute atomic E-state index is 0.150. The number of hydrogen-bond acceptors (Lipinski definition) is 2. The van der Waals surface area contributed by atoms with Crippen molar-refractivity contribution in [3.8, 4) is 0 Å². The van der Waals surface area contributed by atoms with Crippen LogP contribution in [0.4, 0.5) is 4.39 Å². The van der Waals surface area contributed by atoms with Gasteiger partial charge >= 0.3 is 5.97 Å².